The summed E-state index contributed by atoms with van der Waals surface area (Å²) < 4.78 is 0. The summed E-state index contributed by atoms with van der Waals surface area (Å²) in [4.78, 5) is 17.2. The van der Waals surface area contributed by atoms with E-state index in [1.54, 1.807) is 11.6 Å². The average molecular weight is 224 g/mol. The van der Waals surface area contributed by atoms with Crippen molar-refractivity contribution in [1.82, 2.24) is 0 Å². The highest BCUT2D eigenvalue weighted by Crippen LogP contribution is 2.32. The molecule has 1 aliphatic heterocycles. The van der Waals surface area contributed by atoms with E-state index in [4.69, 9.17) is 5.11 Å². The number of thiophene rings is 1. The number of nitrogens with zero attached hydrogens (tertiary/aromatic N) is 2. The van der Waals surface area contributed by atoms with Gasteiger partial charge in [0.05, 0.1) is 5.56 Å². The van der Waals surface area contributed by atoms with Gasteiger partial charge in [0.2, 0.25) is 0 Å². The molecule has 2 heterocycles. The van der Waals surface area contributed by atoms with Crippen LogP contribution in [0.1, 0.15) is 29.3 Å². The molecular formula is C10H12N2O2S. The van der Waals surface area contributed by atoms with Crippen LogP contribution in [0.5, 0.6) is 0 Å². The van der Waals surface area contributed by atoms with Crippen LogP contribution in [0.4, 0.5) is 5.00 Å². The molecule has 5 heteroatoms. The van der Waals surface area contributed by atoms with Gasteiger partial charge in [0.15, 0.2) is 0 Å². The molecule has 0 aliphatic carbocycles. The molecule has 0 amide bonds. The number of aromatic carboxylic acids is 1. The Morgan fingerprint density at radius 3 is 3.20 bits per heavy atom. The molecule has 0 bridgehead atoms. The minimum atomic E-state index is -0.878. The highest BCUT2D eigenvalue weighted by molar-refractivity contribution is 7.15. The van der Waals surface area contributed by atoms with E-state index in [2.05, 4.69) is 16.8 Å². The van der Waals surface area contributed by atoms with E-state index in [1.807, 2.05) is 0 Å². The second-order valence-electron chi connectivity index (χ2n) is 3.39. The maximum atomic E-state index is 10.9. The highest BCUT2D eigenvalue weighted by Gasteiger charge is 2.21. The smallest absolute Gasteiger partial charge is 0.337 e. The largest absolute Gasteiger partial charge is 0.478 e. The Bertz CT molecular complexity index is 412. The minimum Gasteiger partial charge on any atom is -0.478 e. The van der Waals surface area contributed by atoms with Crippen molar-refractivity contribution >= 4 is 28.5 Å². The Labute approximate surface area is 91.9 Å². The molecule has 0 saturated heterocycles. The van der Waals surface area contributed by atoms with Crippen LogP contribution in [0, 0.1) is 0 Å². The Kier molecular flexibility index (Phi) is 2.73. The van der Waals surface area contributed by atoms with Gasteiger partial charge in [-0.25, -0.2) is 4.79 Å². The Balaban J connectivity index is 2.39. The van der Waals surface area contributed by atoms with E-state index in [1.165, 1.54) is 11.3 Å². The summed E-state index contributed by atoms with van der Waals surface area (Å²) >= 11 is 1.48. The van der Waals surface area contributed by atoms with Gasteiger partial charge in [-0.3, -0.25) is 4.99 Å². The number of fused-ring (bicyclic) bond motifs is 1. The van der Waals surface area contributed by atoms with E-state index < -0.39 is 5.97 Å². The Morgan fingerprint density at radius 1 is 1.73 bits per heavy atom. The first-order valence-corrected chi connectivity index (χ1v) is 5.71. The Morgan fingerprint density at radius 2 is 2.53 bits per heavy atom. The maximum Gasteiger partial charge on any atom is 0.337 e. The summed E-state index contributed by atoms with van der Waals surface area (Å²) in [6.07, 6.45) is 2.71. The number of carbonyl (C=O) groups is 1. The monoisotopic (exact) mass is 224 g/mol. The first-order chi connectivity index (χ1) is 7.24. The van der Waals surface area contributed by atoms with Crippen molar-refractivity contribution in [2.45, 2.75) is 13.3 Å². The van der Waals surface area contributed by atoms with E-state index in [0.717, 1.165) is 23.5 Å². The van der Waals surface area contributed by atoms with Crippen LogP contribution in [0.25, 0.3) is 0 Å². The first kappa shape index (κ1) is 10.2. The van der Waals surface area contributed by atoms with Gasteiger partial charge in [0.25, 0.3) is 0 Å². The average Bonchev–Trinajstić information content (AvgIpc) is 2.62. The summed E-state index contributed by atoms with van der Waals surface area (Å²) in [5.41, 5.74) is 1.12. The molecule has 0 fully saturated rings. The van der Waals surface area contributed by atoms with Gasteiger partial charge in [-0.15, -0.1) is 11.3 Å². The molecule has 1 aromatic rings. The normalized spacial score (nSPS) is 14.1. The van der Waals surface area contributed by atoms with Crippen molar-refractivity contribution < 1.29 is 9.90 Å². The topological polar surface area (TPSA) is 52.9 Å². The zero-order chi connectivity index (χ0) is 10.8. The molecule has 0 radical (unpaired) electrons. The van der Waals surface area contributed by atoms with Gasteiger partial charge in [-0.2, -0.15) is 0 Å². The molecular weight excluding hydrogens is 212 g/mol. The van der Waals surface area contributed by atoms with Gasteiger partial charge in [0.1, 0.15) is 11.7 Å². The van der Waals surface area contributed by atoms with Crippen LogP contribution in [0.3, 0.4) is 0 Å². The molecule has 15 heavy (non-hydrogen) atoms. The van der Waals surface area contributed by atoms with Gasteiger partial charge >= 0.3 is 5.97 Å². The standard InChI is InChI=1S/C10H12N2O2S/c1-2-3-12-6-11-4-7-8(10(13)14)5-15-9(7)12/h4-5H,2-3,6H2,1H3,(H,13,14). The lowest BCUT2D eigenvalue weighted by molar-refractivity contribution is 0.0697. The summed E-state index contributed by atoms with van der Waals surface area (Å²) in [6, 6.07) is 0. The molecule has 0 unspecified atom stereocenters. The van der Waals surface area contributed by atoms with Crippen LogP contribution in [0.15, 0.2) is 10.4 Å². The van der Waals surface area contributed by atoms with Crippen LogP contribution in [0.2, 0.25) is 0 Å². The quantitative estimate of drug-likeness (QED) is 0.855. The minimum absolute atomic E-state index is 0.361. The van der Waals surface area contributed by atoms with E-state index in [0.29, 0.717) is 12.2 Å². The van der Waals surface area contributed by atoms with Gasteiger partial charge in [-0.05, 0) is 6.42 Å². The van der Waals surface area contributed by atoms with Crippen molar-refractivity contribution in [3.63, 3.8) is 0 Å². The molecule has 1 aromatic heterocycles. The van der Waals surface area contributed by atoms with Crippen LogP contribution >= 0.6 is 11.3 Å². The SMILES string of the molecule is CCCN1CN=Cc2c(C(=O)O)csc21. The number of anilines is 1. The third-order valence-corrected chi connectivity index (χ3v) is 3.35. The summed E-state index contributed by atoms with van der Waals surface area (Å²) in [6.45, 7) is 3.66. The summed E-state index contributed by atoms with van der Waals surface area (Å²) in [7, 11) is 0. The third kappa shape index (κ3) is 1.74. The van der Waals surface area contributed by atoms with Crippen molar-refractivity contribution in [1.29, 1.82) is 0 Å². The fourth-order valence-corrected chi connectivity index (χ4v) is 2.67. The molecule has 0 saturated carbocycles. The fraction of sp³-hybridized carbons (Fsp3) is 0.400. The number of carboxylic acids is 1. The molecule has 80 valence electrons. The zero-order valence-corrected chi connectivity index (χ0v) is 9.25. The van der Waals surface area contributed by atoms with E-state index in [-0.39, 0.29) is 0 Å². The van der Waals surface area contributed by atoms with Gasteiger partial charge < -0.3 is 10.0 Å². The summed E-state index contributed by atoms with van der Waals surface area (Å²) in [5.74, 6) is -0.878. The first-order valence-electron chi connectivity index (χ1n) is 4.83. The highest BCUT2D eigenvalue weighted by atomic mass is 32.1. The van der Waals surface area contributed by atoms with Gasteiger partial charge in [0, 0.05) is 23.7 Å². The van der Waals surface area contributed by atoms with Crippen molar-refractivity contribution in [2.75, 3.05) is 18.1 Å². The lowest BCUT2D eigenvalue weighted by Gasteiger charge is -2.24. The fourth-order valence-electron chi connectivity index (χ4n) is 1.63. The number of hydrogen-bond donors (Lipinski definition) is 1. The lowest BCUT2D eigenvalue weighted by atomic mass is 10.2. The lowest BCUT2D eigenvalue weighted by Crippen LogP contribution is -2.27. The maximum absolute atomic E-state index is 10.9. The molecule has 1 N–H and O–H groups in total. The van der Waals surface area contributed by atoms with Crippen LogP contribution in [-0.2, 0) is 0 Å². The van der Waals surface area contributed by atoms with Crippen molar-refractivity contribution in [2.24, 2.45) is 4.99 Å². The molecule has 0 aromatic carbocycles. The van der Waals surface area contributed by atoms with Crippen molar-refractivity contribution in [3.05, 3.63) is 16.5 Å². The van der Waals surface area contributed by atoms with E-state index in [9.17, 15) is 4.79 Å². The number of carboxylic acid groups (broad SMARTS) is 1. The summed E-state index contributed by atoms with van der Waals surface area (Å²) in [5, 5.41) is 11.7. The second-order valence-corrected chi connectivity index (χ2v) is 4.25. The molecule has 2 rings (SSSR count). The number of hydrogen-bond acceptors (Lipinski definition) is 4. The predicted molar refractivity (Wildman–Crippen MR) is 61.4 cm³/mol. The van der Waals surface area contributed by atoms with E-state index >= 15 is 0 Å². The number of rotatable bonds is 3. The third-order valence-electron chi connectivity index (χ3n) is 2.29. The predicted octanol–water partition coefficient (Wildman–Crippen LogP) is 2.05. The zero-order valence-electron chi connectivity index (χ0n) is 8.43. The molecule has 0 atom stereocenters. The molecule has 1 aliphatic rings. The number of aliphatic imine (C=N–C) groups is 1. The van der Waals surface area contributed by atoms with Crippen LogP contribution in [-0.4, -0.2) is 30.5 Å². The molecule has 0 spiro atoms. The molecule has 4 nitrogen and oxygen atoms in total. The second kappa shape index (κ2) is 4.02. The van der Waals surface area contributed by atoms with Crippen LogP contribution < -0.4 is 4.90 Å². The van der Waals surface area contributed by atoms with Gasteiger partial charge in [-0.1, -0.05) is 6.92 Å². The van der Waals surface area contributed by atoms with Crippen molar-refractivity contribution in [3.8, 4) is 0 Å². The Hall–Kier alpha value is -1.36.